The van der Waals surface area contributed by atoms with Gasteiger partial charge in [-0.3, -0.25) is 4.57 Å². The smallest absolute Gasteiger partial charge is 0.756 e. The molecule has 56 valence electrons. The molecule has 0 unspecified atom stereocenters. The molecule has 0 rings (SSSR count). The van der Waals surface area contributed by atoms with Crippen molar-refractivity contribution in [1.82, 2.24) is 0 Å². The van der Waals surface area contributed by atoms with Gasteiger partial charge in [0.15, 0.2) is 0 Å². The first-order valence-corrected chi connectivity index (χ1v) is 2.30. The quantitative estimate of drug-likeness (QED) is 0.285. The number of rotatable bonds is 0. The van der Waals surface area contributed by atoms with Crippen LogP contribution in [-0.2, 0) is 4.57 Å². The Morgan fingerprint density at radius 1 is 1.11 bits per heavy atom. The van der Waals surface area contributed by atoms with Crippen LogP contribution in [0.5, 0.6) is 0 Å². The maximum Gasteiger partial charge on any atom is 1.00 e. The first-order chi connectivity index (χ1) is 2.00. The van der Waals surface area contributed by atoms with E-state index in [9.17, 15) is 0 Å². The van der Waals surface area contributed by atoms with Crippen LogP contribution in [0.1, 0.15) is 0 Å². The van der Waals surface area contributed by atoms with Crippen LogP contribution in [0.25, 0.3) is 0 Å². The fourth-order valence-corrected chi connectivity index (χ4v) is 0. The molecule has 0 aliphatic carbocycles. The summed E-state index contributed by atoms with van der Waals surface area (Å²) in [5.74, 6) is 0. The molecule has 9 heteroatoms. The predicted octanol–water partition coefficient (Wildman–Crippen LogP) is -7.03. The summed E-state index contributed by atoms with van der Waals surface area (Å²) in [5.41, 5.74) is 0. The van der Waals surface area contributed by atoms with Crippen molar-refractivity contribution in [3.63, 3.8) is 0 Å². The second-order valence-electron chi connectivity index (χ2n) is 0.491. The van der Waals surface area contributed by atoms with Gasteiger partial charge < -0.3 is 31.1 Å². The van der Waals surface area contributed by atoms with Gasteiger partial charge in [0.25, 0.3) is 7.82 Å². The zero-order valence-corrected chi connectivity index (χ0v) is 8.68. The summed E-state index contributed by atoms with van der Waals surface area (Å²) in [6.45, 7) is 0. The molecule has 0 saturated heterocycles. The molecule has 0 aromatic carbocycles. The van der Waals surface area contributed by atoms with E-state index >= 15 is 0 Å². The molecule has 0 amide bonds. The van der Waals surface area contributed by atoms with Crippen molar-refractivity contribution in [2.45, 2.75) is 0 Å². The zero-order valence-electron chi connectivity index (χ0n) is 4.66. The Kier molecular flexibility index (Phi) is 42.6. The minimum Gasteiger partial charge on any atom is -0.756 e. The molecule has 0 aliphatic heterocycles. The van der Waals surface area contributed by atoms with Gasteiger partial charge in [0.1, 0.15) is 0 Å². The van der Waals surface area contributed by atoms with Gasteiger partial charge in [0.2, 0.25) is 0 Å². The molecule has 7 nitrogen and oxygen atoms in total. The second-order valence-corrected chi connectivity index (χ2v) is 1.47. The van der Waals surface area contributed by atoms with Crippen molar-refractivity contribution in [3.05, 3.63) is 0 Å². The summed E-state index contributed by atoms with van der Waals surface area (Å²) in [6, 6.07) is 0. The molecule has 8 N–H and O–H groups in total. The summed E-state index contributed by atoms with van der Waals surface area (Å²) in [6.07, 6.45) is 0. The molecule has 0 spiro atoms. The van der Waals surface area contributed by atoms with Gasteiger partial charge in [-0.05, 0) is 0 Å². The van der Waals surface area contributed by atoms with E-state index in [-0.39, 0.29) is 67.8 Å². The molecular weight excluding hydrogens is 182 g/mol. The molecule has 0 heterocycles. The second kappa shape index (κ2) is 12.3. The van der Waals surface area contributed by atoms with Gasteiger partial charge in [0, 0.05) is 0 Å². The van der Waals surface area contributed by atoms with Crippen LogP contribution in [0, 0.1) is 0 Å². The van der Waals surface area contributed by atoms with Crippen molar-refractivity contribution in [1.29, 1.82) is 0 Å². The zero-order chi connectivity index (χ0) is 4.50. The summed E-state index contributed by atoms with van der Waals surface area (Å²) < 4.78 is 8.77. The third kappa shape index (κ3) is 212. The summed E-state index contributed by atoms with van der Waals surface area (Å²) in [4.78, 5) is 22.9. The van der Waals surface area contributed by atoms with Crippen LogP contribution in [-0.4, -0.2) is 26.2 Å². The maximum absolute atomic E-state index is 8.77. The minimum atomic E-state index is -4.89. The van der Waals surface area contributed by atoms with Crippen molar-refractivity contribution >= 4 is 7.82 Å². The van der Waals surface area contributed by atoms with Crippen molar-refractivity contribution in [2.24, 2.45) is 0 Å². The monoisotopic (exact) mass is 190 g/mol. The Morgan fingerprint density at radius 2 is 1.11 bits per heavy atom. The Balaban J connectivity index is -0.0000000133. The van der Waals surface area contributed by atoms with E-state index in [2.05, 4.69) is 0 Å². The van der Waals surface area contributed by atoms with E-state index in [4.69, 9.17) is 19.2 Å². The van der Waals surface area contributed by atoms with E-state index in [1.807, 2.05) is 0 Å². The van der Waals surface area contributed by atoms with Gasteiger partial charge in [-0.2, -0.15) is 0 Å². The molecule has 0 fully saturated rings. The largest absolute Gasteiger partial charge is 1.00 e. The van der Waals surface area contributed by atoms with E-state index < -0.39 is 7.82 Å². The molecule has 0 aromatic heterocycles. The van der Waals surface area contributed by atoms with E-state index in [1.165, 1.54) is 0 Å². The van der Waals surface area contributed by atoms with Crippen LogP contribution in [0.3, 0.4) is 0 Å². The fourth-order valence-electron chi connectivity index (χ4n) is 0. The van der Waals surface area contributed by atoms with Gasteiger partial charge in [-0.1, -0.05) is 0 Å². The minimum absolute atomic E-state index is 0. The summed E-state index contributed by atoms with van der Waals surface area (Å²) in [5, 5.41) is 0. The number of hydrogen-bond acceptors (Lipinski definition) is 2. The van der Waals surface area contributed by atoms with E-state index in [0.29, 0.717) is 0 Å². The van der Waals surface area contributed by atoms with Gasteiger partial charge >= 0.3 is 51.4 Å². The Labute approximate surface area is 93.7 Å². The molecule has 0 bridgehead atoms. The number of phosphoric acid groups is 1. The fraction of sp³-hybridized carbons (Fsp3) is 0. The summed E-state index contributed by atoms with van der Waals surface area (Å²) in [7, 11) is -4.89. The van der Waals surface area contributed by atoms with Crippen molar-refractivity contribution in [3.8, 4) is 0 Å². The van der Waals surface area contributed by atoms with Crippen LogP contribution < -0.4 is 56.3 Å². The predicted molar refractivity (Wildman–Crippen MR) is 22.9 cm³/mol. The average molecular weight is 190 g/mol. The van der Waals surface area contributed by atoms with Gasteiger partial charge in [-0.25, -0.2) is 0 Å². The SMILES string of the molecule is O.O.O.O=P([O-])(O)O.[K+]. The standard InChI is InChI=1S/K.H3O4P.3H2O/c;1-5(2,3)4;;;/h;(H3,1,2,3,4);3*1H2/q+1;;;;/p-1. The average Bonchev–Trinajstić information content (AvgIpc) is 0.722. The third-order valence-corrected chi connectivity index (χ3v) is 0. The van der Waals surface area contributed by atoms with Gasteiger partial charge in [-0.15, -0.1) is 0 Å². The Hall–Kier alpha value is 1.63. The Morgan fingerprint density at radius 3 is 1.11 bits per heavy atom. The molecular formula is H8KO7P. The molecule has 0 radical (unpaired) electrons. The first-order valence-electron chi connectivity index (χ1n) is 0.765. The molecule has 0 saturated carbocycles. The van der Waals surface area contributed by atoms with E-state index in [1.54, 1.807) is 0 Å². The maximum atomic E-state index is 8.77. The normalized spacial score (nSPS) is 6.56. The van der Waals surface area contributed by atoms with Crippen LogP contribution >= 0.6 is 7.82 Å². The van der Waals surface area contributed by atoms with Gasteiger partial charge in [0.05, 0.1) is 0 Å². The summed E-state index contributed by atoms with van der Waals surface area (Å²) >= 11 is 0. The molecule has 9 heavy (non-hydrogen) atoms. The molecule has 0 atom stereocenters. The van der Waals surface area contributed by atoms with Crippen LogP contribution in [0.4, 0.5) is 0 Å². The Bertz CT molecular complexity index is 55.1. The van der Waals surface area contributed by atoms with Crippen molar-refractivity contribution < 1.29 is 87.1 Å². The van der Waals surface area contributed by atoms with Crippen molar-refractivity contribution in [2.75, 3.05) is 0 Å². The first kappa shape index (κ1) is 31.1. The van der Waals surface area contributed by atoms with Crippen LogP contribution in [0.15, 0.2) is 0 Å². The molecule has 0 aliphatic rings. The third-order valence-electron chi connectivity index (χ3n) is 0. The van der Waals surface area contributed by atoms with E-state index in [0.717, 1.165) is 0 Å². The molecule has 0 aromatic rings. The van der Waals surface area contributed by atoms with Crippen LogP contribution in [0.2, 0.25) is 0 Å². The number of hydrogen-bond donors (Lipinski definition) is 2. The topological polar surface area (TPSA) is 175 Å².